The molecule has 0 aliphatic heterocycles. The zero-order chi connectivity index (χ0) is 20.3. The molecule has 0 fully saturated rings. The molecule has 5 heteroatoms. The topological polar surface area (TPSA) is 39.9 Å². The third kappa shape index (κ3) is 4.47. The maximum atomic E-state index is 5.30. The van der Waals surface area contributed by atoms with Gasteiger partial charge in [0.25, 0.3) is 0 Å². The van der Waals surface area contributed by atoms with Crippen molar-refractivity contribution in [2.75, 3.05) is 12.9 Å². The summed E-state index contributed by atoms with van der Waals surface area (Å²) < 4.78 is 7.39. The van der Waals surface area contributed by atoms with Crippen molar-refractivity contribution in [3.63, 3.8) is 0 Å². The maximum Gasteiger partial charge on any atom is 0.196 e. The van der Waals surface area contributed by atoms with Gasteiger partial charge in [-0.2, -0.15) is 0 Å². The first-order valence-corrected chi connectivity index (χ1v) is 10.3. The number of benzene rings is 2. The molecule has 146 valence electrons. The fraction of sp³-hybridized carbons (Fsp3) is 0.304. The van der Waals surface area contributed by atoms with Crippen molar-refractivity contribution in [3.05, 3.63) is 66.2 Å². The molecule has 4 nitrogen and oxygen atoms in total. The van der Waals surface area contributed by atoms with Gasteiger partial charge in [0.15, 0.2) is 11.0 Å². The van der Waals surface area contributed by atoms with Crippen LogP contribution in [0, 0.1) is 0 Å². The van der Waals surface area contributed by atoms with Crippen LogP contribution in [0.15, 0.2) is 65.8 Å². The summed E-state index contributed by atoms with van der Waals surface area (Å²) in [5.74, 6) is 2.45. The Labute approximate surface area is 171 Å². The lowest BCUT2D eigenvalue weighted by Gasteiger charge is -2.19. The van der Waals surface area contributed by atoms with E-state index in [2.05, 4.69) is 66.4 Å². The van der Waals surface area contributed by atoms with Gasteiger partial charge >= 0.3 is 0 Å². The zero-order valence-corrected chi connectivity index (χ0v) is 18.0. The Morgan fingerprint density at radius 3 is 2.21 bits per heavy atom. The lowest BCUT2D eigenvalue weighted by Crippen LogP contribution is -2.10. The van der Waals surface area contributed by atoms with E-state index < -0.39 is 0 Å². The van der Waals surface area contributed by atoms with Gasteiger partial charge in [-0.3, -0.25) is 4.57 Å². The maximum absolute atomic E-state index is 5.30. The second-order valence-corrected chi connectivity index (χ2v) is 8.86. The first kappa shape index (κ1) is 20.2. The van der Waals surface area contributed by atoms with Gasteiger partial charge in [0, 0.05) is 17.0 Å². The quantitative estimate of drug-likeness (QED) is 0.386. The monoisotopic (exact) mass is 393 g/mol. The molecule has 0 saturated heterocycles. The molecule has 28 heavy (non-hydrogen) atoms. The number of methoxy groups -OCH3 is 1. The van der Waals surface area contributed by atoms with Crippen LogP contribution in [0.3, 0.4) is 0 Å². The number of ether oxygens (including phenoxy) is 1. The van der Waals surface area contributed by atoms with E-state index in [1.165, 1.54) is 5.56 Å². The molecule has 1 aromatic heterocycles. The summed E-state index contributed by atoms with van der Waals surface area (Å²) in [7, 11) is 1.67. The minimum atomic E-state index is 0.116. The number of thioether (sulfide) groups is 1. The lowest BCUT2D eigenvalue weighted by molar-refractivity contribution is 0.414. The molecule has 0 atom stereocenters. The van der Waals surface area contributed by atoms with E-state index >= 15 is 0 Å². The Morgan fingerprint density at radius 1 is 1.04 bits per heavy atom. The van der Waals surface area contributed by atoms with Gasteiger partial charge in [-0.15, -0.1) is 10.2 Å². The van der Waals surface area contributed by atoms with Gasteiger partial charge in [-0.05, 0) is 42.2 Å². The van der Waals surface area contributed by atoms with Crippen LogP contribution >= 0.6 is 11.8 Å². The summed E-state index contributed by atoms with van der Waals surface area (Å²) in [4.78, 5) is 0. The highest BCUT2D eigenvalue weighted by Gasteiger charge is 2.18. The van der Waals surface area contributed by atoms with Gasteiger partial charge in [0.1, 0.15) is 5.75 Å². The van der Waals surface area contributed by atoms with E-state index in [0.717, 1.165) is 39.3 Å². The van der Waals surface area contributed by atoms with E-state index in [1.54, 1.807) is 18.9 Å². The van der Waals surface area contributed by atoms with Gasteiger partial charge in [0.05, 0.1) is 7.11 Å². The Morgan fingerprint density at radius 2 is 1.68 bits per heavy atom. The zero-order valence-electron chi connectivity index (χ0n) is 17.2. The summed E-state index contributed by atoms with van der Waals surface area (Å²) in [6.07, 6.45) is 0. The largest absolute Gasteiger partial charge is 0.497 e. The summed E-state index contributed by atoms with van der Waals surface area (Å²) in [5, 5.41) is 9.81. The molecule has 0 radical (unpaired) electrons. The average molecular weight is 394 g/mol. The van der Waals surface area contributed by atoms with E-state index in [-0.39, 0.29) is 5.41 Å². The number of hydrogen-bond donors (Lipinski definition) is 0. The van der Waals surface area contributed by atoms with Gasteiger partial charge < -0.3 is 4.74 Å². The van der Waals surface area contributed by atoms with Crippen LogP contribution < -0.4 is 4.74 Å². The number of rotatable bonds is 6. The second-order valence-electron chi connectivity index (χ2n) is 7.91. The van der Waals surface area contributed by atoms with Gasteiger partial charge in [-0.1, -0.05) is 69.0 Å². The van der Waals surface area contributed by atoms with Crippen LogP contribution in [0.2, 0.25) is 0 Å². The first-order valence-electron chi connectivity index (χ1n) is 9.27. The molecule has 1 heterocycles. The highest BCUT2D eigenvalue weighted by atomic mass is 32.2. The molecule has 2 aromatic carbocycles. The average Bonchev–Trinajstić information content (AvgIpc) is 3.09. The van der Waals surface area contributed by atoms with Crippen LogP contribution in [0.1, 0.15) is 33.3 Å². The second kappa shape index (κ2) is 8.23. The molecule has 0 N–H and O–H groups in total. The van der Waals surface area contributed by atoms with Crippen molar-refractivity contribution in [2.24, 2.45) is 0 Å². The van der Waals surface area contributed by atoms with Crippen LogP contribution in [0.5, 0.6) is 5.75 Å². The normalized spacial score (nSPS) is 11.5. The summed E-state index contributed by atoms with van der Waals surface area (Å²) in [6, 6.07) is 16.5. The van der Waals surface area contributed by atoms with Crippen LogP contribution in [0.25, 0.3) is 17.1 Å². The Kier molecular flexibility index (Phi) is 5.94. The fourth-order valence-corrected chi connectivity index (χ4v) is 3.62. The van der Waals surface area contributed by atoms with Crippen LogP contribution in [-0.4, -0.2) is 27.6 Å². The Hall–Kier alpha value is -2.53. The van der Waals surface area contributed by atoms with Crippen molar-refractivity contribution in [1.29, 1.82) is 0 Å². The molecular formula is C23H27N3OS. The lowest BCUT2D eigenvalue weighted by atomic mass is 9.87. The molecular weight excluding hydrogens is 366 g/mol. The minimum absolute atomic E-state index is 0.116. The Balaban J connectivity index is 2.06. The fourth-order valence-electron chi connectivity index (χ4n) is 2.82. The van der Waals surface area contributed by atoms with E-state index in [1.807, 2.05) is 31.2 Å². The molecule has 0 aliphatic rings. The number of nitrogens with zero attached hydrogens (tertiary/aromatic N) is 3. The highest BCUT2D eigenvalue weighted by molar-refractivity contribution is 7.99. The van der Waals surface area contributed by atoms with E-state index in [9.17, 15) is 0 Å². The summed E-state index contributed by atoms with van der Waals surface area (Å²) in [6.45, 7) is 12.7. The van der Waals surface area contributed by atoms with Gasteiger partial charge in [0.2, 0.25) is 0 Å². The molecule has 0 amide bonds. The van der Waals surface area contributed by atoms with E-state index in [4.69, 9.17) is 4.74 Å². The third-order valence-corrected chi connectivity index (χ3v) is 5.58. The van der Waals surface area contributed by atoms with Crippen LogP contribution in [0.4, 0.5) is 0 Å². The standard InChI is InChI=1S/C23H27N3OS/c1-16(2)15-28-22-25-24-21(17-7-9-18(10-8-17)23(3,4)5)26(22)19-11-13-20(27-6)14-12-19/h7-14H,1,15H2,2-6H3. The predicted octanol–water partition coefficient (Wildman–Crippen LogP) is 5.91. The number of aromatic nitrogens is 3. The van der Waals surface area contributed by atoms with Crippen molar-refractivity contribution >= 4 is 11.8 Å². The minimum Gasteiger partial charge on any atom is -0.497 e. The van der Waals surface area contributed by atoms with Crippen molar-refractivity contribution in [3.8, 4) is 22.8 Å². The van der Waals surface area contributed by atoms with Crippen molar-refractivity contribution in [1.82, 2.24) is 14.8 Å². The highest BCUT2D eigenvalue weighted by Crippen LogP contribution is 2.31. The summed E-state index contributed by atoms with van der Waals surface area (Å²) in [5.41, 5.74) is 4.56. The SMILES string of the molecule is C=C(C)CSc1nnc(-c2ccc(C(C)(C)C)cc2)n1-c1ccc(OC)cc1. The van der Waals surface area contributed by atoms with Crippen LogP contribution in [-0.2, 0) is 5.41 Å². The first-order chi connectivity index (χ1) is 13.3. The molecule has 0 aliphatic carbocycles. The third-order valence-electron chi connectivity index (χ3n) is 4.42. The molecule has 0 saturated carbocycles. The molecule has 0 unspecified atom stereocenters. The van der Waals surface area contributed by atoms with E-state index in [0.29, 0.717) is 0 Å². The number of hydrogen-bond acceptors (Lipinski definition) is 4. The molecule has 3 aromatic rings. The predicted molar refractivity (Wildman–Crippen MR) is 118 cm³/mol. The molecule has 0 spiro atoms. The van der Waals surface area contributed by atoms with Crippen molar-refractivity contribution in [2.45, 2.75) is 38.3 Å². The van der Waals surface area contributed by atoms with Gasteiger partial charge in [-0.25, -0.2) is 0 Å². The Bertz CT molecular complexity index is 951. The smallest absolute Gasteiger partial charge is 0.196 e. The molecule has 3 rings (SSSR count). The summed E-state index contributed by atoms with van der Waals surface area (Å²) >= 11 is 1.64. The van der Waals surface area contributed by atoms with Crippen molar-refractivity contribution < 1.29 is 4.74 Å². The molecule has 0 bridgehead atoms.